The SMILES string of the molecule is CCCCCCP(=O)(O)CCCN. The Morgan fingerprint density at radius 2 is 1.77 bits per heavy atom. The van der Waals surface area contributed by atoms with E-state index in [2.05, 4.69) is 6.92 Å². The van der Waals surface area contributed by atoms with E-state index in [0.717, 1.165) is 19.3 Å². The van der Waals surface area contributed by atoms with Gasteiger partial charge in [0.2, 0.25) is 7.37 Å². The molecule has 0 aromatic carbocycles. The van der Waals surface area contributed by atoms with Crippen molar-refractivity contribution in [3.05, 3.63) is 0 Å². The Balaban J connectivity index is 3.45. The van der Waals surface area contributed by atoms with Crippen molar-refractivity contribution in [2.45, 2.75) is 39.0 Å². The fraction of sp³-hybridized carbons (Fsp3) is 1.00. The van der Waals surface area contributed by atoms with Crippen LogP contribution in [0, 0.1) is 0 Å². The minimum atomic E-state index is -2.83. The van der Waals surface area contributed by atoms with Gasteiger partial charge < -0.3 is 10.6 Å². The van der Waals surface area contributed by atoms with Crippen molar-refractivity contribution in [3.8, 4) is 0 Å². The fourth-order valence-electron chi connectivity index (χ4n) is 1.24. The molecule has 0 aliphatic heterocycles. The molecule has 0 spiro atoms. The first kappa shape index (κ1) is 13.2. The van der Waals surface area contributed by atoms with E-state index in [1.807, 2.05) is 0 Å². The van der Waals surface area contributed by atoms with Crippen molar-refractivity contribution >= 4 is 7.37 Å². The summed E-state index contributed by atoms with van der Waals surface area (Å²) >= 11 is 0. The Labute approximate surface area is 81.2 Å². The van der Waals surface area contributed by atoms with Gasteiger partial charge in [-0.15, -0.1) is 0 Å². The molecule has 0 aromatic heterocycles. The van der Waals surface area contributed by atoms with Crippen LogP contribution in [0.25, 0.3) is 0 Å². The van der Waals surface area contributed by atoms with Gasteiger partial charge in [0.15, 0.2) is 0 Å². The summed E-state index contributed by atoms with van der Waals surface area (Å²) in [7, 11) is -2.83. The molecule has 13 heavy (non-hydrogen) atoms. The van der Waals surface area contributed by atoms with Gasteiger partial charge in [0.25, 0.3) is 0 Å². The van der Waals surface area contributed by atoms with Gasteiger partial charge in [0.1, 0.15) is 0 Å². The van der Waals surface area contributed by atoms with Crippen LogP contribution in [0.5, 0.6) is 0 Å². The van der Waals surface area contributed by atoms with Crippen molar-refractivity contribution in [3.63, 3.8) is 0 Å². The fourth-order valence-corrected chi connectivity index (χ4v) is 2.85. The summed E-state index contributed by atoms with van der Waals surface area (Å²) in [5, 5.41) is 0. The molecule has 0 radical (unpaired) electrons. The van der Waals surface area contributed by atoms with Crippen LogP contribution in [-0.2, 0) is 4.57 Å². The standard InChI is InChI=1S/C9H22NO2P/c1-2-3-4-5-8-13(11,12)9-6-7-10/h2-10H2,1H3,(H,11,12). The van der Waals surface area contributed by atoms with E-state index in [1.54, 1.807) is 0 Å². The van der Waals surface area contributed by atoms with Gasteiger partial charge in [0.05, 0.1) is 0 Å². The molecule has 0 bridgehead atoms. The van der Waals surface area contributed by atoms with E-state index in [-0.39, 0.29) is 0 Å². The number of hydrogen-bond donors (Lipinski definition) is 2. The molecule has 3 N–H and O–H groups in total. The van der Waals surface area contributed by atoms with Gasteiger partial charge in [-0.25, -0.2) is 0 Å². The Bertz CT molecular complexity index is 162. The Kier molecular flexibility index (Phi) is 7.63. The van der Waals surface area contributed by atoms with E-state index < -0.39 is 7.37 Å². The molecule has 4 heteroatoms. The predicted molar refractivity (Wildman–Crippen MR) is 57.4 cm³/mol. The summed E-state index contributed by atoms with van der Waals surface area (Å²) in [6.07, 6.45) is 5.83. The van der Waals surface area contributed by atoms with Crippen molar-refractivity contribution in [1.82, 2.24) is 0 Å². The second-order valence-corrected chi connectivity index (χ2v) is 6.08. The molecule has 0 saturated carbocycles. The smallest absolute Gasteiger partial charge is 0.200 e. The quantitative estimate of drug-likeness (QED) is 0.473. The van der Waals surface area contributed by atoms with Crippen LogP contribution in [0.15, 0.2) is 0 Å². The predicted octanol–water partition coefficient (Wildman–Crippen LogP) is 2.19. The van der Waals surface area contributed by atoms with Crippen molar-refractivity contribution < 1.29 is 9.46 Å². The zero-order valence-corrected chi connectivity index (χ0v) is 9.43. The highest BCUT2D eigenvalue weighted by molar-refractivity contribution is 7.57. The summed E-state index contributed by atoms with van der Waals surface area (Å²) in [6.45, 7) is 2.65. The van der Waals surface area contributed by atoms with Gasteiger partial charge in [-0.2, -0.15) is 0 Å². The van der Waals surface area contributed by atoms with Crippen LogP contribution < -0.4 is 5.73 Å². The van der Waals surface area contributed by atoms with Crippen molar-refractivity contribution in [2.75, 3.05) is 18.9 Å². The van der Waals surface area contributed by atoms with Crippen molar-refractivity contribution in [2.24, 2.45) is 5.73 Å². The number of rotatable bonds is 8. The molecule has 0 heterocycles. The minimum absolute atomic E-state index is 0.398. The maximum absolute atomic E-state index is 11.4. The second-order valence-electron chi connectivity index (χ2n) is 3.50. The van der Waals surface area contributed by atoms with Crippen molar-refractivity contribution in [1.29, 1.82) is 0 Å². The molecule has 0 amide bonds. The first-order chi connectivity index (χ1) is 6.12. The first-order valence-corrected chi connectivity index (χ1v) is 7.16. The lowest BCUT2D eigenvalue weighted by Gasteiger charge is -2.10. The number of unbranched alkanes of at least 4 members (excludes halogenated alkanes) is 3. The average molecular weight is 207 g/mol. The lowest BCUT2D eigenvalue weighted by atomic mass is 10.2. The monoisotopic (exact) mass is 207 g/mol. The van der Waals surface area contributed by atoms with Gasteiger partial charge >= 0.3 is 0 Å². The first-order valence-electron chi connectivity index (χ1n) is 5.13. The summed E-state index contributed by atoms with van der Waals surface area (Å²) < 4.78 is 11.4. The molecule has 0 aliphatic rings. The van der Waals surface area contributed by atoms with Crippen LogP contribution in [-0.4, -0.2) is 23.8 Å². The zero-order chi connectivity index (χ0) is 10.2. The normalized spacial score (nSPS) is 15.6. The lowest BCUT2D eigenvalue weighted by molar-refractivity contribution is 0.472. The van der Waals surface area contributed by atoms with E-state index >= 15 is 0 Å². The molecule has 0 aliphatic carbocycles. The van der Waals surface area contributed by atoms with Crippen LogP contribution in [0.3, 0.4) is 0 Å². The maximum Gasteiger partial charge on any atom is 0.200 e. The van der Waals surface area contributed by atoms with Gasteiger partial charge in [0, 0.05) is 12.3 Å². The third kappa shape index (κ3) is 8.48. The topological polar surface area (TPSA) is 63.3 Å². The van der Waals surface area contributed by atoms with E-state index in [4.69, 9.17) is 5.73 Å². The summed E-state index contributed by atoms with van der Waals surface area (Å²) in [5.74, 6) is 0. The molecule has 0 rings (SSSR count). The number of nitrogens with two attached hydrogens (primary N) is 1. The molecular weight excluding hydrogens is 185 g/mol. The largest absolute Gasteiger partial charge is 0.344 e. The second kappa shape index (κ2) is 7.54. The van der Waals surface area contributed by atoms with Crippen LogP contribution in [0.4, 0.5) is 0 Å². The number of hydrogen-bond acceptors (Lipinski definition) is 2. The molecule has 80 valence electrons. The Morgan fingerprint density at radius 1 is 1.15 bits per heavy atom. The Morgan fingerprint density at radius 3 is 2.31 bits per heavy atom. The molecule has 0 fully saturated rings. The molecule has 0 aromatic rings. The molecule has 1 atom stereocenters. The Hall–Kier alpha value is 0.150. The summed E-state index contributed by atoms with van der Waals surface area (Å²) in [5.41, 5.74) is 5.28. The van der Waals surface area contributed by atoms with Gasteiger partial charge in [-0.1, -0.05) is 26.2 Å². The van der Waals surface area contributed by atoms with E-state index in [9.17, 15) is 9.46 Å². The van der Waals surface area contributed by atoms with Gasteiger partial charge in [-0.05, 0) is 19.4 Å². The third-order valence-electron chi connectivity index (χ3n) is 2.07. The molecular formula is C9H22NO2P. The molecule has 1 unspecified atom stereocenters. The van der Waals surface area contributed by atoms with E-state index in [1.165, 1.54) is 6.42 Å². The van der Waals surface area contributed by atoms with Gasteiger partial charge in [-0.3, -0.25) is 4.57 Å². The van der Waals surface area contributed by atoms with E-state index in [0.29, 0.717) is 25.3 Å². The highest BCUT2D eigenvalue weighted by Gasteiger charge is 2.15. The zero-order valence-electron chi connectivity index (χ0n) is 8.54. The highest BCUT2D eigenvalue weighted by atomic mass is 31.2. The molecule has 3 nitrogen and oxygen atoms in total. The third-order valence-corrected chi connectivity index (χ3v) is 4.10. The average Bonchev–Trinajstić information content (AvgIpc) is 2.09. The minimum Gasteiger partial charge on any atom is -0.344 e. The van der Waals surface area contributed by atoms with Crippen LogP contribution in [0.1, 0.15) is 39.0 Å². The highest BCUT2D eigenvalue weighted by Crippen LogP contribution is 2.41. The summed E-state index contributed by atoms with van der Waals surface area (Å²) in [6, 6.07) is 0. The van der Waals surface area contributed by atoms with Crippen LogP contribution in [0.2, 0.25) is 0 Å². The molecule has 0 saturated heterocycles. The summed E-state index contributed by atoms with van der Waals surface area (Å²) in [4.78, 5) is 9.44. The lowest BCUT2D eigenvalue weighted by Crippen LogP contribution is -2.03. The maximum atomic E-state index is 11.4. The van der Waals surface area contributed by atoms with Crippen LogP contribution >= 0.6 is 7.37 Å².